The van der Waals surface area contributed by atoms with Gasteiger partial charge in [0.15, 0.2) is 0 Å². The molecule has 0 spiro atoms. The fraction of sp³-hybridized carbons (Fsp3) is 0.750. The minimum atomic E-state index is -0.952. The van der Waals surface area contributed by atoms with Crippen LogP contribution in [-0.4, -0.2) is 33.5 Å². The van der Waals surface area contributed by atoms with Gasteiger partial charge in [-0.25, -0.2) is 4.79 Å². The molecule has 1 aliphatic heterocycles. The quantitative estimate of drug-likeness (QED) is 0.650. The Hall–Kier alpha value is -0.710. The number of hydrogen-bond acceptors (Lipinski definition) is 3. The molecular weight excluding hydrogens is 190 g/mol. The number of carbonyl (C=O) groups is 2. The molecule has 0 aromatic heterocycles. The highest BCUT2D eigenvalue weighted by Gasteiger charge is 2.34. The summed E-state index contributed by atoms with van der Waals surface area (Å²) in [5.74, 6) is -0.447. The van der Waals surface area contributed by atoms with E-state index in [1.54, 1.807) is 13.8 Å². The van der Waals surface area contributed by atoms with Gasteiger partial charge in [-0.3, -0.25) is 4.79 Å². The molecule has 13 heavy (non-hydrogen) atoms. The number of carbonyl (C=O) groups excluding carboxylic acids is 1. The molecule has 1 amide bonds. The van der Waals surface area contributed by atoms with Crippen LogP contribution in [0.25, 0.3) is 0 Å². The number of amides is 1. The predicted octanol–water partition coefficient (Wildman–Crippen LogP) is 0.471. The van der Waals surface area contributed by atoms with Gasteiger partial charge in [-0.05, 0) is 26.0 Å². The van der Waals surface area contributed by atoms with E-state index in [1.165, 1.54) is 11.8 Å². The molecule has 4 nitrogen and oxygen atoms in total. The van der Waals surface area contributed by atoms with Gasteiger partial charge in [0, 0.05) is 0 Å². The summed E-state index contributed by atoms with van der Waals surface area (Å²) in [5, 5.41) is 11.2. The van der Waals surface area contributed by atoms with Crippen molar-refractivity contribution in [3.63, 3.8) is 0 Å². The van der Waals surface area contributed by atoms with Crippen LogP contribution in [0.15, 0.2) is 0 Å². The van der Waals surface area contributed by atoms with E-state index in [2.05, 4.69) is 5.32 Å². The number of nitrogens with one attached hydrogen (secondary N) is 1. The molecule has 0 aromatic carbocycles. The predicted molar refractivity (Wildman–Crippen MR) is 50.7 cm³/mol. The van der Waals surface area contributed by atoms with Crippen LogP contribution in [0.2, 0.25) is 0 Å². The van der Waals surface area contributed by atoms with Crippen LogP contribution in [0.3, 0.4) is 0 Å². The lowest BCUT2D eigenvalue weighted by Gasteiger charge is -2.19. The summed E-state index contributed by atoms with van der Waals surface area (Å²) >= 11 is 1.50. The van der Waals surface area contributed by atoms with Crippen LogP contribution < -0.4 is 5.32 Å². The standard InChI is InChI=1S/C8H13NO3S/c1-8(2)7(12)9-5(6(10)11)3-4-13-8/h5H,3-4H2,1-2H3,(H,9,12)(H,10,11). The number of aliphatic carboxylic acids is 1. The van der Waals surface area contributed by atoms with Crippen LogP contribution in [-0.2, 0) is 9.59 Å². The van der Waals surface area contributed by atoms with Crippen LogP contribution in [0.5, 0.6) is 0 Å². The van der Waals surface area contributed by atoms with Crippen molar-refractivity contribution in [1.82, 2.24) is 5.32 Å². The second-order valence-corrected chi connectivity index (χ2v) is 5.23. The third-order valence-electron chi connectivity index (χ3n) is 2.02. The highest BCUT2D eigenvalue weighted by Crippen LogP contribution is 2.28. The molecule has 0 aromatic rings. The second kappa shape index (κ2) is 3.57. The van der Waals surface area contributed by atoms with E-state index in [-0.39, 0.29) is 5.91 Å². The zero-order valence-electron chi connectivity index (χ0n) is 7.66. The molecule has 5 heteroatoms. The van der Waals surface area contributed by atoms with Gasteiger partial charge < -0.3 is 10.4 Å². The van der Waals surface area contributed by atoms with Gasteiger partial charge in [0.2, 0.25) is 5.91 Å². The molecule has 1 unspecified atom stereocenters. The maximum absolute atomic E-state index is 11.5. The van der Waals surface area contributed by atoms with E-state index in [0.717, 1.165) is 0 Å². The Bertz CT molecular complexity index is 240. The van der Waals surface area contributed by atoms with Crippen molar-refractivity contribution in [2.45, 2.75) is 31.1 Å². The monoisotopic (exact) mass is 203 g/mol. The summed E-state index contributed by atoms with van der Waals surface area (Å²) in [5.41, 5.74) is 0. The van der Waals surface area contributed by atoms with Gasteiger partial charge in [0.05, 0.1) is 4.75 Å². The van der Waals surface area contributed by atoms with Crippen molar-refractivity contribution in [2.24, 2.45) is 0 Å². The molecule has 1 rings (SSSR count). The maximum atomic E-state index is 11.5. The van der Waals surface area contributed by atoms with Crippen LogP contribution in [0.1, 0.15) is 20.3 Å². The van der Waals surface area contributed by atoms with E-state index >= 15 is 0 Å². The normalized spacial score (nSPS) is 27.5. The maximum Gasteiger partial charge on any atom is 0.326 e. The minimum absolute atomic E-state index is 0.192. The van der Waals surface area contributed by atoms with E-state index in [1.807, 2.05) is 0 Å². The smallest absolute Gasteiger partial charge is 0.326 e. The van der Waals surface area contributed by atoms with E-state index < -0.39 is 16.8 Å². The van der Waals surface area contributed by atoms with Gasteiger partial charge in [-0.2, -0.15) is 0 Å². The lowest BCUT2D eigenvalue weighted by atomic mass is 10.1. The summed E-state index contributed by atoms with van der Waals surface area (Å²) in [4.78, 5) is 22.1. The molecular formula is C8H13NO3S. The fourth-order valence-corrected chi connectivity index (χ4v) is 2.14. The van der Waals surface area contributed by atoms with Gasteiger partial charge in [0.25, 0.3) is 0 Å². The van der Waals surface area contributed by atoms with E-state index in [4.69, 9.17) is 5.11 Å². The number of carboxylic acid groups (broad SMARTS) is 1. The van der Waals surface area contributed by atoms with Crippen molar-refractivity contribution in [2.75, 3.05) is 5.75 Å². The second-order valence-electron chi connectivity index (χ2n) is 3.51. The summed E-state index contributed by atoms with van der Waals surface area (Å²) in [6.07, 6.45) is 0.495. The van der Waals surface area contributed by atoms with Gasteiger partial charge in [-0.1, -0.05) is 0 Å². The van der Waals surface area contributed by atoms with Crippen molar-refractivity contribution in [3.05, 3.63) is 0 Å². The lowest BCUT2D eigenvalue weighted by molar-refractivity contribution is -0.141. The van der Waals surface area contributed by atoms with Crippen LogP contribution in [0.4, 0.5) is 0 Å². The molecule has 2 N–H and O–H groups in total. The zero-order valence-corrected chi connectivity index (χ0v) is 8.48. The average molecular weight is 203 g/mol. The van der Waals surface area contributed by atoms with E-state index in [9.17, 15) is 9.59 Å². The number of hydrogen-bond donors (Lipinski definition) is 2. The highest BCUT2D eigenvalue weighted by atomic mass is 32.2. The zero-order chi connectivity index (χ0) is 10.1. The summed E-state index contributed by atoms with van der Waals surface area (Å²) < 4.78 is -0.510. The van der Waals surface area contributed by atoms with Gasteiger partial charge in [-0.15, -0.1) is 11.8 Å². The topological polar surface area (TPSA) is 66.4 Å². The Morgan fingerprint density at radius 2 is 2.31 bits per heavy atom. The number of thioether (sulfide) groups is 1. The molecule has 1 saturated heterocycles. The van der Waals surface area contributed by atoms with Crippen molar-refractivity contribution in [3.8, 4) is 0 Å². The lowest BCUT2D eigenvalue weighted by Crippen LogP contribution is -2.46. The molecule has 1 atom stereocenters. The number of rotatable bonds is 1. The molecule has 1 aliphatic rings. The van der Waals surface area contributed by atoms with Crippen LogP contribution >= 0.6 is 11.8 Å². The SMILES string of the molecule is CC1(C)SCCC(C(=O)O)NC1=O. The molecule has 0 bridgehead atoms. The minimum Gasteiger partial charge on any atom is -0.480 e. The van der Waals surface area contributed by atoms with Gasteiger partial charge >= 0.3 is 5.97 Å². The molecule has 74 valence electrons. The average Bonchev–Trinajstić information content (AvgIpc) is 2.12. The first-order chi connectivity index (χ1) is 5.93. The fourth-order valence-electron chi connectivity index (χ4n) is 1.09. The van der Waals surface area contributed by atoms with Crippen molar-refractivity contribution in [1.29, 1.82) is 0 Å². The Morgan fingerprint density at radius 3 is 2.85 bits per heavy atom. The number of carboxylic acids is 1. The van der Waals surface area contributed by atoms with Crippen molar-refractivity contribution >= 4 is 23.6 Å². The molecule has 0 aliphatic carbocycles. The summed E-state index contributed by atoms with van der Waals surface area (Å²) in [7, 11) is 0. The highest BCUT2D eigenvalue weighted by molar-refractivity contribution is 8.01. The Kier molecular flexibility index (Phi) is 2.85. The summed E-state index contributed by atoms with van der Waals surface area (Å²) in [6, 6.07) is -0.721. The van der Waals surface area contributed by atoms with E-state index in [0.29, 0.717) is 12.2 Å². The molecule has 0 radical (unpaired) electrons. The Balaban J connectivity index is 2.72. The summed E-state index contributed by atoms with van der Waals surface area (Å²) in [6.45, 7) is 3.61. The first-order valence-electron chi connectivity index (χ1n) is 4.11. The first-order valence-corrected chi connectivity index (χ1v) is 5.10. The van der Waals surface area contributed by atoms with Crippen molar-refractivity contribution < 1.29 is 14.7 Å². The Morgan fingerprint density at radius 1 is 1.69 bits per heavy atom. The third kappa shape index (κ3) is 2.37. The molecule has 1 fully saturated rings. The third-order valence-corrected chi connectivity index (χ3v) is 3.37. The van der Waals surface area contributed by atoms with Crippen LogP contribution in [0, 0.1) is 0 Å². The largest absolute Gasteiger partial charge is 0.480 e. The molecule has 1 heterocycles. The molecule has 0 saturated carbocycles. The Labute approximate surface area is 81.1 Å². The van der Waals surface area contributed by atoms with Gasteiger partial charge in [0.1, 0.15) is 6.04 Å². The first kappa shape index (κ1) is 10.4.